The Bertz CT molecular complexity index is 1230. The van der Waals surface area contributed by atoms with Crippen LogP contribution < -0.4 is 37.3 Å². The van der Waals surface area contributed by atoms with Crippen molar-refractivity contribution in [3.8, 4) is 17.5 Å². The minimum Gasteiger partial charge on any atom is -0.372 e. The second-order valence-electron chi connectivity index (χ2n) is 6.74. The molecule has 0 aliphatic rings. The van der Waals surface area contributed by atoms with Crippen LogP contribution >= 0.6 is 0 Å². The summed E-state index contributed by atoms with van der Waals surface area (Å²) in [5.74, 6) is 0. The zero-order valence-corrected chi connectivity index (χ0v) is 26.1. The van der Waals surface area contributed by atoms with Crippen LogP contribution in [0.3, 0.4) is 0 Å². The monoisotopic (exact) mass is 693 g/mol. The molecule has 0 fully saturated rings. The molecule has 4 aromatic rings. The molecule has 0 radical (unpaired) electrons. The standard InChI is InChI=1S/C21H16N4O.C2H3N.Cd.2ClHO4/c26-21(18-10-2-5-14-23-18,19-11-3-6-15-24-19)20-12-7-9-17(25-20)16-8-1-4-13-22-16;1-2-3;;2*2-1(3,4)5/h1-15,26H;1H3;;2*(H,2,3,4,5)/q;;+2;;/p-2. The minimum absolute atomic E-state index is 0. The third kappa shape index (κ3) is 14.6. The van der Waals surface area contributed by atoms with Crippen LogP contribution in [0.4, 0.5) is 0 Å². The predicted molar refractivity (Wildman–Crippen MR) is 109 cm³/mol. The molecule has 1 N–H and O–H groups in total. The molecule has 40 heavy (non-hydrogen) atoms. The second kappa shape index (κ2) is 17.8. The van der Waals surface area contributed by atoms with E-state index in [9.17, 15) is 5.11 Å². The maximum absolute atomic E-state index is 11.7. The summed E-state index contributed by atoms with van der Waals surface area (Å²) in [7, 11) is -9.89. The maximum Gasteiger partial charge on any atom is 2.00 e. The molecule has 206 valence electrons. The molecule has 14 nitrogen and oxygen atoms in total. The molecule has 0 aliphatic carbocycles. The minimum atomic E-state index is -4.94. The van der Waals surface area contributed by atoms with E-state index in [0.29, 0.717) is 22.8 Å². The molecule has 0 aromatic carbocycles. The summed E-state index contributed by atoms with van der Waals surface area (Å²) in [5.41, 5.74) is 1.21. The smallest absolute Gasteiger partial charge is 0.372 e. The van der Waals surface area contributed by atoms with E-state index in [-0.39, 0.29) is 27.3 Å². The number of aliphatic hydroxyl groups is 1. The zero-order valence-electron chi connectivity index (χ0n) is 20.6. The number of aromatic nitrogens is 4. The van der Waals surface area contributed by atoms with Crippen LogP contribution in [0.25, 0.3) is 11.4 Å². The van der Waals surface area contributed by atoms with Crippen molar-refractivity contribution < 1.29 is 90.2 Å². The molecule has 4 rings (SSSR count). The Kier molecular flexibility index (Phi) is 16.6. The number of hydrogen-bond donors (Lipinski definition) is 1. The molecular formula is C23H19CdCl2N5O9. The summed E-state index contributed by atoms with van der Waals surface area (Å²) in [6.07, 6.45) is 5.01. The van der Waals surface area contributed by atoms with Crippen molar-refractivity contribution in [2.75, 3.05) is 0 Å². The molecule has 4 aromatic heterocycles. The Labute approximate surface area is 252 Å². The van der Waals surface area contributed by atoms with Gasteiger partial charge in [-0.25, -0.2) is 42.3 Å². The van der Waals surface area contributed by atoms with Gasteiger partial charge in [-0.3, -0.25) is 15.0 Å². The third-order valence-electron chi connectivity index (χ3n) is 4.12. The van der Waals surface area contributed by atoms with E-state index in [1.807, 2.05) is 42.5 Å². The SMILES string of the molecule is CC#N.OC(c1ccccn1)(c1ccccn1)c1cccc(-c2ccccn2)n1.[Cd+2].[O-][Cl+3]([O-])([O-])[O-].[O-][Cl+3]([O-])([O-])[O-]. The number of nitriles is 1. The van der Waals surface area contributed by atoms with Gasteiger partial charge in [-0.1, -0.05) is 24.3 Å². The number of pyridine rings is 4. The van der Waals surface area contributed by atoms with E-state index in [2.05, 4.69) is 19.9 Å². The van der Waals surface area contributed by atoms with Gasteiger partial charge in [0, 0.05) is 25.5 Å². The van der Waals surface area contributed by atoms with Crippen molar-refractivity contribution in [1.29, 1.82) is 5.26 Å². The number of hydrogen-bond acceptors (Lipinski definition) is 14. The van der Waals surface area contributed by atoms with Gasteiger partial charge in [-0.2, -0.15) is 5.26 Å². The van der Waals surface area contributed by atoms with Gasteiger partial charge in [0.05, 0.1) is 34.5 Å². The normalized spacial score (nSPS) is 10.5. The molecule has 17 heteroatoms. The van der Waals surface area contributed by atoms with Crippen molar-refractivity contribution in [3.63, 3.8) is 0 Å². The maximum atomic E-state index is 11.7. The number of rotatable bonds is 4. The molecule has 0 unspecified atom stereocenters. The molecule has 0 atom stereocenters. The average molecular weight is 693 g/mol. The van der Waals surface area contributed by atoms with Crippen molar-refractivity contribution in [3.05, 3.63) is 108 Å². The van der Waals surface area contributed by atoms with Crippen molar-refractivity contribution in [1.82, 2.24) is 19.9 Å². The van der Waals surface area contributed by atoms with Crippen LogP contribution in [0.2, 0.25) is 0 Å². The summed E-state index contributed by atoms with van der Waals surface area (Å²) < 4.78 is 67.9. The molecule has 0 amide bonds. The zero-order chi connectivity index (χ0) is 29.5. The van der Waals surface area contributed by atoms with Crippen LogP contribution in [0.5, 0.6) is 0 Å². The third-order valence-corrected chi connectivity index (χ3v) is 4.12. The Morgan fingerprint density at radius 2 is 0.975 bits per heavy atom. The second-order valence-corrected chi connectivity index (χ2v) is 8.25. The van der Waals surface area contributed by atoms with E-state index in [4.69, 9.17) is 42.5 Å². The van der Waals surface area contributed by atoms with Crippen LogP contribution in [0, 0.1) is 31.8 Å². The fourth-order valence-corrected chi connectivity index (χ4v) is 2.84. The van der Waals surface area contributed by atoms with E-state index >= 15 is 0 Å². The summed E-state index contributed by atoms with van der Waals surface area (Å²) >= 11 is 0. The van der Waals surface area contributed by atoms with Gasteiger partial charge in [0.1, 0.15) is 0 Å². The van der Waals surface area contributed by atoms with Crippen molar-refractivity contribution in [2.45, 2.75) is 12.5 Å². The fraction of sp³-hybridized carbons (Fsp3) is 0.0870. The first-order valence-electron chi connectivity index (χ1n) is 10.2. The first-order chi connectivity index (χ1) is 18.2. The number of nitrogens with zero attached hydrogens (tertiary/aromatic N) is 5. The fourth-order valence-electron chi connectivity index (χ4n) is 2.84. The van der Waals surface area contributed by atoms with E-state index < -0.39 is 26.1 Å². The van der Waals surface area contributed by atoms with Gasteiger partial charge in [0.15, 0.2) is 5.60 Å². The van der Waals surface area contributed by atoms with Gasteiger partial charge in [-0.05, 0) is 48.5 Å². The Morgan fingerprint density at radius 1 is 0.625 bits per heavy atom. The van der Waals surface area contributed by atoms with Crippen LogP contribution in [-0.4, -0.2) is 25.0 Å². The van der Waals surface area contributed by atoms with Gasteiger partial charge >= 0.3 is 27.3 Å². The van der Waals surface area contributed by atoms with E-state index in [1.54, 1.807) is 55.0 Å². The molecule has 0 aliphatic heterocycles. The van der Waals surface area contributed by atoms with Gasteiger partial charge in [0.25, 0.3) is 0 Å². The first kappa shape index (κ1) is 37.2. The van der Waals surface area contributed by atoms with E-state index in [0.717, 1.165) is 5.69 Å². The molecule has 0 bridgehead atoms. The summed E-state index contributed by atoms with van der Waals surface area (Å²) in [6.45, 7) is 1.43. The topological polar surface area (TPSA) is 280 Å². The van der Waals surface area contributed by atoms with Gasteiger partial charge in [-0.15, -0.1) is 20.5 Å². The summed E-state index contributed by atoms with van der Waals surface area (Å²) in [4.78, 5) is 17.7. The van der Waals surface area contributed by atoms with Crippen LogP contribution in [-0.2, 0) is 32.9 Å². The van der Waals surface area contributed by atoms with Crippen molar-refractivity contribution >= 4 is 0 Å². The molecule has 0 saturated heterocycles. The molecule has 0 spiro atoms. The molecule has 4 heterocycles. The van der Waals surface area contributed by atoms with Gasteiger partial charge < -0.3 is 5.11 Å². The molecular weight excluding hydrogens is 674 g/mol. The molecule has 0 saturated carbocycles. The van der Waals surface area contributed by atoms with Gasteiger partial charge in [0.2, 0.25) is 0 Å². The average Bonchev–Trinajstić information content (AvgIpc) is 2.88. The predicted octanol–water partition coefficient (Wildman–Crippen LogP) is -5.77. The first-order valence-corrected chi connectivity index (χ1v) is 12.7. The number of halogens is 2. The quantitative estimate of drug-likeness (QED) is 0.195. The van der Waals surface area contributed by atoms with Crippen molar-refractivity contribution in [2.24, 2.45) is 0 Å². The Hall–Kier alpha value is -2.77. The Morgan fingerprint density at radius 3 is 1.32 bits per heavy atom. The largest absolute Gasteiger partial charge is 2.00 e. The van der Waals surface area contributed by atoms with E-state index in [1.165, 1.54) is 6.92 Å². The van der Waals surface area contributed by atoms with Crippen LogP contribution in [0.1, 0.15) is 24.0 Å². The summed E-state index contributed by atoms with van der Waals surface area (Å²) in [6, 6.07) is 23.7. The Balaban J connectivity index is 0.000000918. The summed E-state index contributed by atoms with van der Waals surface area (Å²) in [5, 5.41) is 19.0. The van der Waals surface area contributed by atoms with Crippen LogP contribution in [0.15, 0.2) is 91.4 Å².